The second-order valence-corrected chi connectivity index (χ2v) is 9.84. The number of rotatable bonds is 8. The first-order valence-corrected chi connectivity index (χ1v) is 12.3. The molecule has 0 radical (unpaired) electrons. The van der Waals surface area contributed by atoms with Gasteiger partial charge in [-0.05, 0) is 70.0 Å². The summed E-state index contributed by atoms with van der Waals surface area (Å²) in [7, 11) is -2.77. The van der Waals surface area contributed by atoms with Crippen LogP contribution in [-0.2, 0) is 10.1 Å². The van der Waals surface area contributed by atoms with Crippen molar-refractivity contribution < 1.29 is 27.1 Å². The van der Waals surface area contributed by atoms with Crippen LogP contribution in [-0.4, -0.2) is 32.6 Å². The second-order valence-electron chi connectivity index (χ2n) is 6.52. The van der Waals surface area contributed by atoms with Crippen LogP contribution in [0.5, 0.6) is 11.5 Å². The summed E-state index contributed by atoms with van der Waals surface area (Å²) in [6.07, 6.45) is 1.36. The van der Waals surface area contributed by atoms with Crippen LogP contribution < -0.4 is 14.3 Å². The molecule has 0 aliphatic rings. The van der Waals surface area contributed by atoms with E-state index in [-0.39, 0.29) is 21.9 Å². The van der Waals surface area contributed by atoms with E-state index in [4.69, 9.17) is 8.92 Å². The molecule has 34 heavy (non-hydrogen) atoms. The van der Waals surface area contributed by atoms with Crippen molar-refractivity contribution >= 4 is 59.8 Å². The van der Waals surface area contributed by atoms with E-state index in [1.165, 1.54) is 31.5 Å². The summed E-state index contributed by atoms with van der Waals surface area (Å²) in [6, 6.07) is 13.8. The zero-order valence-electron chi connectivity index (χ0n) is 17.3. The quantitative estimate of drug-likeness (QED) is 0.169. The van der Waals surface area contributed by atoms with Crippen molar-refractivity contribution in [1.82, 2.24) is 5.43 Å². The number of carbonyl (C=O) groups is 1. The topological polar surface area (TPSA) is 137 Å². The molecule has 0 heterocycles. The maximum Gasteiger partial charge on any atom is 0.339 e. The van der Waals surface area contributed by atoms with Crippen molar-refractivity contribution in [2.75, 3.05) is 7.11 Å². The molecular weight excluding hydrogens is 598 g/mol. The third-order valence-corrected chi connectivity index (χ3v) is 6.64. The summed E-state index contributed by atoms with van der Waals surface area (Å²) in [6.45, 7) is 0. The molecule has 3 rings (SSSR count). The van der Waals surface area contributed by atoms with Gasteiger partial charge in [0.05, 0.1) is 28.3 Å². The molecule has 1 amide bonds. The van der Waals surface area contributed by atoms with Gasteiger partial charge >= 0.3 is 10.1 Å². The van der Waals surface area contributed by atoms with Gasteiger partial charge in [-0.15, -0.1) is 0 Å². The lowest BCUT2D eigenvalue weighted by Gasteiger charge is -2.09. The number of amides is 1. The van der Waals surface area contributed by atoms with E-state index in [0.717, 1.165) is 24.3 Å². The van der Waals surface area contributed by atoms with E-state index >= 15 is 0 Å². The lowest BCUT2D eigenvalue weighted by molar-refractivity contribution is -0.384. The zero-order valence-corrected chi connectivity index (χ0v) is 21.3. The van der Waals surface area contributed by atoms with E-state index in [9.17, 15) is 23.3 Å². The molecule has 0 bridgehead atoms. The largest absolute Gasteiger partial charge is 0.496 e. The van der Waals surface area contributed by atoms with Crippen molar-refractivity contribution in [2.45, 2.75) is 4.90 Å². The van der Waals surface area contributed by atoms with E-state index in [2.05, 4.69) is 42.4 Å². The van der Waals surface area contributed by atoms with E-state index in [0.29, 0.717) is 20.3 Å². The number of nitro benzene ring substituents is 1. The molecule has 0 aliphatic heterocycles. The van der Waals surface area contributed by atoms with Crippen molar-refractivity contribution in [1.29, 1.82) is 0 Å². The first-order chi connectivity index (χ1) is 16.1. The highest BCUT2D eigenvalue weighted by atomic mass is 79.9. The van der Waals surface area contributed by atoms with Crippen LogP contribution in [0.4, 0.5) is 5.69 Å². The van der Waals surface area contributed by atoms with Gasteiger partial charge in [-0.1, -0.05) is 15.9 Å². The number of nitrogens with zero attached hydrogens (tertiary/aromatic N) is 2. The zero-order chi connectivity index (χ0) is 24.9. The summed E-state index contributed by atoms with van der Waals surface area (Å²) in [5.74, 6) is -0.101. The van der Waals surface area contributed by atoms with Crippen molar-refractivity contribution in [3.8, 4) is 11.5 Å². The summed E-state index contributed by atoms with van der Waals surface area (Å²) in [5.41, 5.74) is 2.98. The fourth-order valence-corrected chi connectivity index (χ4v) is 4.54. The monoisotopic (exact) mass is 611 g/mol. The molecule has 0 saturated carbocycles. The number of nitrogens with one attached hydrogen (secondary N) is 1. The van der Waals surface area contributed by atoms with E-state index < -0.39 is 20.9 Å². The van der Waals surface area contributed by atoms with Gasteiger partial charge in [0, 0.05) is 16.6 Å². The number of carbonyl (C=O) groups excluding carboxylic acids is 1. The average Bonchev–Trinajstić information content (AvgIpc) is 2.80. The second kappa shape index (κ2) is 10.8. The van der Waals surface area contributed by atoms with Crippen LogP contribution in [0.1, 0.15) is 15.9 Å². The normalized spacial score (nSPS) is 11.3. The molecule has 0 spiro atoms. The number of non-ortho nitro benzene ring substituents is 1. The maximum atomic E-state index is 12.5. The van der Waals surface area contributed by atoms with Gasteiger partial charge < -0.3 is 8.92 Å². The molecule has 1 N–H and O–H groups in total. The van der Waals surface area contributed by atoms with Crippen LogP contribution in [0.15, 0.2) is 79.6 Å². The van der Waals surface area contributed by atoms with Crippen LogP contribution in [0.2, 0.25) is 0 Å². The number of hydrazone groups is 1. The minimum Gasteiger partial charge on any atom is -0.496 e. The maximum absolute atomic E-state index is 12.5. The number of benzene rings is 3. The fourth-order valence-electron chi connectivity index (χ4n) is 2.65. The van der Waals surface area contributed by atoms with Gasteiger partial charge in [-0.3, -0.25) is 14.9 Å². The highest BCUT2D eigenvalue weighted by Crippen LogP contribution is 2.29. The Kier molecular flexibility index (Phi) is 8.02. The predicted octanol–water partition coefficient (Wildman–Crippen LogP) is 4.66. The molecule has 0 unspecified atom stereocenters. The molecule has 0 saturated heterocycles. The third-order valence-electron chi connectivity index (χ3n) is 4.28. The number of hydrogen-bond donors (Lipinski definition) is 1. The Bertz CT molecular complexity index is 1380. The van der Waals surface area contributed by atoms with Gasteiger partial charge in [0.15, 0.2) is 5.75 Å². The molecule has 3 aromatic carbocycles. The van der Waals surface area contributed by atoms with Crippen molar-refractivity contribution in [2.24, 2.45) is 5.10 Å². The Morgan fingerprint density at radius 3 is 2.35 bits per heavy atom. The summed E-state index contributed by atoms with van der Waals surface area (Å²) < 4.78 is 36.3. The van der Waals surface area contributed by atoms with E-state index in [1.54, 1.807) is 18.2 Å². The van der Waals surface area contributed by atoms with Gasteiger partial charge in [0.25, 0.3) is 11.6 Å². The Morgan fingerprint density at radius 2 is 1.74 bits per heavy atom. The number of ether oxygens (including phenoxy) is 1. The Morgan fingerprint density at radius 1 is 1.06 bits per heavy atom. The molecular formula is C21H15Br2N3O7S. The highest BCUT2D eigenvalue weighted by molar-refractivity contribution is 9.10. The molecule has 176 valence electrons. The Hall–Kier alpha value is -3.29. The fraction of sp³-hybridized carbons (Fsp3) is 0.0476. The Balaban J connectivity index is 1.70. The first-order valence-electron chi connectivity index (χ1n) is 9.26. The van der Waals surface area contributed by atoms with Gasteiger partial charge in [0.2, 0.25) is 0 Å². The summed E-state index contributed by atoms with van der Waals surface area (Å²) in [4.78, 5) is 22.2. The number of halogens is 2. The molecule has 13 heteroatoms. The summed E-state index contributed by atoms with van der Waals surface area (Å²) in [5, 5.41) is 14.6. The number of nitro groups is 1. The van der Waals surface area contributed by atoms with Crippen molar-refractivity contribution in [3.63, 3.8) is 0 Å². The van der Waals surface area contributed by atoms with E-state index in [1.807, 2.05) is 0 Å². The van der Waals surface area contributed by atoms with Gasteiger partial charge in [-0.2, -0.15) is 13.5 Å². The van der Waals surface area contributed by atoms with Crippen LogP contribution >= 0.6 is 31.9 Å². The summed E-state index contributed by atoms with van der Waals surface area (Å²) >= 11 is 6.53. The molecule has 0 fully saturated rings. The average molecular weight is 613 g/mol. The molecule has 3 aromatic rings. The smallest absolute Gasteiger partial charge is 0.339 e. The Labute approximate surface area is 211 Å². The van der Waals surface area contributed by atoms with Crippen LogP contribution in [0.25, 0.3) is 0 Å². The number of hydrogen-bond acceptors (Lipinski definition) is 8. The minimum absolute atomic E-state index is 0.00147. The predicted molar refractivity (Wildman–Crippen MR) is 131 cm³/mol. The molecule has 0 aliphatic carbocycles. The lowest BCUT2D eigenvalue weighted by atomic mass is 10.2. The SMILES string of the molecule is COc1ccc(Br)cc1C(=O)N/N=C\c1ccc(OS(=O)(=O)c2ccc([N+](=O)[O-])cc2)c(Br)c1. The molecule has 10 nitrogen and oxygen atoms in total. The molecule has 0 aromatic heterocycles. The molecule has 0 atom stereocenters. The van der Waals surface area contributed by atoms with Gasteiger partial charge in [-0.25, -0.2) is 5.43 Å². The van der Waals surface area contributed by atoms with Crippen LogP contribution in [0, 0.1) is 10.1 Å². The third kappa shape index (κ3) is 6.18. The standard InChI is InChI=1S/C21H15Br2N3O7S/c1-32-19-9-3-14(22)11-17(19)21(27)25-24-12-13-2-8-20(18(23)10-13)33-34(30,31)16-6-4-15(5-7-16)26(28)29/h2-12H,1H3,(H,25,27)/b24-12-. The first kappa shape index (κ1) is 25.3. The van der Waals surface area contributed by atoms with Crippen LogP contribution in [0.3, 0.4) is 0 Å². The lowest BCUT2D eigenvalue weighted by Crippen LogP contribution is -2.18. The van der Waals surface area contributed by atoms with Crippen molar-refractivity contribution in [3.05, 3.63) is 90.9 Å². The minimum atomic E-state index is -4.22. The number of methoxy groups -OCH3 is 1. The highest BCUT2D eigenvalue weighted by Gasteiger charge is 2.19. The van der Waals surface area contributed by atoms with Gasteiger partial charge in [0.1, 0.15) is 10.6 Å².